The summed E-state index contributed by atoms with van der Waals surface area (Å²) in [5.41, 5.74) is 1.42. The van der Waals surface area contributed by atoms with Gasteiger partial charge in [0.25, 0.3) is 0 Å². The molecule has 1 aromatic rings. The van der Waals surface area contributed by atoms with Crippen molar-refractivity contribution in [1.29, 1.82) is 0 Å². The third-order valence-corrected chi connectivity index (χ3v) is 2.56. The van der Waals surface area contributed by atoms with Crippen molar-refractivity contribution in [1.82, 2.24) is 9.78 Å². The molecule has 14 heavy (non-hydrogen) atoms. The molecule has 0 saturated heterocycles. The second-order valence-electron chi connectivity index (χ2n) is 3.30. The first kappa shape index (κ1) is 11.2. The van der Waals surface area contributed by atoms with Crippen LogP contribution in [0.15, 0.2) is 0 Å². The molecule has 1 aromatic heterocycles. The summed E-state index contributed by atoms with van der Waals surface area (Å²) < 4.78 is 1.52. The largest absolute Gasteiger partial charge is 0.386 e. The highest BCUT2D eigenvalue weighted by Crippen LogP contribution is 2.19. The third-order valence-electron chi connectivity index (χ3n) is 2.09. The molecule has 0 spiro atoms. The standard InChI is InChI=1S/C9H13ClN2O2/c1-5-7(4-8(14)6(2)13)9(10)12(3)11-5/h6,13H,4H2,1-3H3. The number of nitrogens with zero attached hydrogens (tertiary/aromatic N) is 2. The van der Waals surface area contributed by atoms with E-state index in [0.29, 0.717) is 10.7 Å². The zero-order chi connectivity index (χ0) is 10.9. The van der Waals surface area contributed by atoms with Gasteiger partial charge >= 0.3 is 0 Å². The van der Waals surface area contributed by atoms with Crippen LogP contribution in [0.25, 0.3) is 0 Å². The molecule has 0 fully saturated rings. The van der Waals surface area contributed by atoms with Gasteiger partial charge in [0.2, 0.25) is 0 Å². The number of carbonyl (C=O) groups excluding carboxylic acids is 1. The van der Waals surface area contributed by atoms with Crippen molar-refractivity contribution in [3.63, 3.8) is 0 Å². The lowest BCUT2D eigenvalue weighted by Gasteiger charge is -2.02. The van der Waals surface area contributed by atoms with Gasteiger partial charge in [0.1, 0.15) is 11.3 Å². The molecule has 0 radical (unpaired) electrons. The Hall–Kier alpha value is -0.870. The summed E-state index contributed by atoms with van der Waals surface area (Å²) in [4.78, 5) is 11.3. The van der Waals surface area contributed by atoms with Crippen LogP contribution in [0.5, 0.6) is 0 Å². The van der Waals surface area contributed by atoms with E-state index in [-0.39, 0.29) is 12.2 Å². The zero-order valence-corrected chi connectivity index (χ0v) is 9.17. The number of hydrogen-bond acceptors (Lipinski definition) is 3. The van der Waals surface area contributed by atoms with Crippen molar-refractivity contribution < 1.29 is 9.90 Å². The summed E-state index contributed by atoms with van der Waals surface area (Å²) >= 11 is 5.93. The Bertz CT molecular complexity index is 358. The molecule has 0 aromatic carbocycles. The van der Waals surface area contributed by atoms with Gasteiger partial charge in [-0.3, -0.25) is 9.48 Å². The maximum absolute atomic E-state index is 11.3. The molecule has 1 atom stereocenters. The number of aliphatic hydroxyl groups is 1. The lowest BCUT2D eigenvalue weighted by molar-refractivity contribution is -0.125. The van der Waals surface area contributed by atoms with E-state index in [2.05, 4.69) is 5.10 Å². The summed E-state index contributed by atoms with van der Waals surface area (Å²) in [6.45, 7) is 3.23. The van der Waals surface area contributed by atoms with Crippen LogP contribution in [0.1, 0.15) is 18.2 Å². The Kier molecular flexibility index (Phi) is 3.29. The van der Waals surface area contributed by atoms with Gasteiger partial charge in [-0.05, 0) is 13.8 Å². The lowest BCUT2D eigenvalue weighted by atomic mass is 10.1. The van der Waals surface area contributed by atoms with Crippen LogP contribution >= 0.6 is 11.6 Å². The Morgan fingerprint density at radius 2 is 2.29 bits per heavy atom. The van der Waals surface area contributed by atoms with E-state index >= 15 is 0 Å². The minimum atomic E-state index is -0.953. The summed E-state index contributed by atoms with van der Waals surface area (Å²) in [5, 5.41) is 13.6. The molecule has 5 heteroatoms. The highest BCUT2D eigenvalue weighted by atomic mass is 35.5. The SMILES string of the molecule is Cc1nn(C)c(Cl)c1CC(=O)C(C)O. The van der Waals surface area contributed by atoms with Crippen molar-refractivity contribution in [2.24, 2.45) is 7.05 Å². The molecule has 0 aliphatic carbocycles. The molecule has 4 nitrogen and oxygen atoms in total. The van der Waals surface area contributed by atoms with Gasteiger partial charge in [0, 0.05) is 19.0 Å². The summed E-state index contributed by atoms with van der Waals surface area (Å²) in [6, 6.07) is 0. The minimum absolute atomic E-state index is 0.135. The van der Waals surface area contributed by atoms with Gasteiger partial charge in [0.15, 0.2) is 5.78 Å². The van der Waals surface area contributed by atoms with Crippen molar-refractivity contribution >= 4 is 17.4 Å². The molecule has 0 bridgehead atoms. The Balaban J connectivity index is 2.92. The molecule has 0 amide bonds. The number of ketones is 1. The topological polar surface area (TPSA) is 55.1 Å². The second kappa shape index (κ2) is 4.11. The predicted molar refractivity (Wildman–Crippen MR) is 53.3 cm³/mol. The molecule has 1 N–H and O–H groups in total. The van der Waals surface area contributed by atoms with Gasteiger partial charge in [-0.1, -0.05) is 11.6 Å². The number of carbonyl (C=O) groups is 1. The van der Waals surface area contributed by atoms with Gasteiger partial charge in [-0.25, -0.2) is 0 Å². The third kappa shape index (κ3) is 2.13. The van der Waals surface area contributed by atoms with Gasteiger partial charge in [0.05, 0.1) is 5.69 Å². The molecular weight excluding hydrogens is 204 g/mol. The second-order valence-corrected chi connectivity index (χ2v) is 3.66. The lowest BCUT2D eigenvalue weighted by Crippen LogP contribution is -2.18. The van der Waals surface area contributed by atoms with Crippen LogP contribution < -0.4 is 0 Å². The van der Waals surface area contributed by atoms with Crippen LogP contribution in [0.3, 0.4) is 0 Å². The van der Waals surface area contributed by atoms with E-state index in [4.69, 9.17) is 16.7 Å². The molecular formula is C9H13ClN2O2. The molecule has 0 saturated carbocycles. The van der Waals surface area contributed by atoms with Crippen LogP contribution in [0.4, 0.5) is 0 Å². The van der Waals surface area contributed by atoms with Gasteiger partial charge in [-0.2, -0.15) is 5.10 Å². The van der Waals surface area contributed by atoms with Crippen LogP contribution in [0.2, 0.25) is 5.15 Å². The molecule has 0 aliphatic heterocycles. The van der Waals surface area contributed by atoms with E-state index in [9.17, 15) is 4.79 Å². The average Bonchev–Trinajstić information content (AvgIpc) is 2.32. The van der Waals surface area contributed by atoms with Crippen LogP contribution in [-0.2, 0) is 18.3 Å². The van der Waals surface area contributed by atoms with Gasteiger partial charge < -0.3 is 5.11 Å². The molecule has 1 rings (SSSR count). The van der Waals surface area contributed by atoms with E-state index in [1.165, 1.54) is 11.6 Å². The number of halogens is 1. The summed E-state index contributed by atoms with van der Waals surface area (Å²) in [5.74, 6) is -0.247. The number of aromatic nitrogens is 2. The zero-order valence-electron chi connectivity index (χ0n) is 8.41. The van der Waals surface area contributed by atoms with Crippen LogP contribution in [-0.4, -0.2) is 26.8 Å². The number of hydrogen-bond donors (Lipinski definition) is 1. The fraction of sp³-hybridized carbons (Fsp3) is 0.556. The number of aryl methyl sites for hydroxylation is 2. The first-order valence-corrected chi connectivity index (χ1v) is 4.70. The number of aliphatic hydroxyl groups excluding tert-OH is 1. The maximum Gasteiger partial charge on any atom is 0.165 e. The molecule has 1 heterocycles. The minimum Gasteiger partial charge on any atom is -0.386 e. The quantitative estimate of drug-likeness (QED) is 0.816. The van der Waals surface area contributed by atoms with Crippen molar-refractivity contribution in [2.45, 2.75) is 26.4 Å². The first-order chi connectivity index (χ1) is 6.43. The molecule has 0 aliphatic rings. The number of Topliss-reactive ketones (excluding diaryl/α,β-unsaturated/α-hetero) is 1. The van der Waals surface area contributed by atoms with Crippen molar-refractivity contribution in [2.75, 3.05) is 0 Å². The van der Waals surface area contributed by atoms with E-state index < -0.39 is 6.10 Å². The fourth-order valence-electron chi connectivity index (χ4n) is 1.20. The van der Waals surface area contributed by atoms with E-state index in [1.54, 1.807) is 14.0 Å². The monoisotopic (exact) mass is 216 g/mol. The average molecular weight is 217 g/mol. The maximum atomic E-state index is 11.3. The van der Waals surface area contributed by atoms with E-state index in [0.717, 1.165) is 5.69 Å². The Labute approximate surface area is 87.5 Å². The van der Waals surface area contributed by atoms with Crippen LogP contribution in [0, 0.1) is 6.92 Å². The summed E-state index contributed by atoms with van der Waals surface area (Å²) in [6.07, 6.45) is -0.818. The van der Waals surface area contributed by atoms with E-state index in [1.807, 2.05) is 0 Å². The molecule has 1 unspecified atom stereocenters. The highest BCUT2D eigenvalue weighted by molar-refractivity contribution is 6.30. The Morgan fingerprint density at radius 3 is 2.64 bits per heavy atom. The Morgan fingerprint density at radius 1 is 1.71 bits per heavy atom. The van der Waals surface area contributed by atoms with Crippen molar-refractivity contribution in [3.05, 3.63) is 16.4 Å². The number of rotatable bonds is 3. The van der Waals surface area contributed by atoms with Crippen molar-refractivity contribution in [3.8, 4) is 0 Å². The highest BCUT2D eigenvalue weighted by Gasteiger charge is 2.17. The smallest absolute Gasteiger partial charge is 0.165 e. The first-order valence-electron chi connectivity index (χ1n) is 4.32. The normalized spacial score (nSPS) is 12.9. The molecule has 78 valence electrons. The fourth-order valence-corrected chi connectivity index (χ4v) is 1.44. The van der Waals surface area contributed by atoms with Gasteiger partial charge in [-0.15, -0.1) is 0 Å². The predicted octanol–water partition coefficient (Wildman–Crippen LogP) is 0.874. The summed E-state index contributed by atoms with van der Waals surface area (Å²) in [7, 11) is 1.71.